The summed E-state index contributed by atoms with van der Waals surface area (Å²) in [6.07, 6.45) is 9.04. The second-order valence-electron chi connectivity index (χ2n) is 19.7. The predicted octanol–water partition coefficient (Wildman–Crippen LogP) is 6.87. The van der Waals surface area contributed by atoms with Gasteiger partial charge in [0.05, 0.1) is 37.9 Å². The van der Waals surface area contributed by atoms with Crippen LogP contribution in [0.5, 0.6) is 0 Å². The zero-order valence-electron chi connectivity index (χ0n) is 33.6. The quantitative estimate of drug-likeness (QED) is 0.266. The molecule has 0 spiro atoms. The van der Waals surface area contributed by atoms with Crippen LogP contribution in [0.1, 0.15) is 124 Å². The fourth-order valence-corrected chi connectivity index (χ4v) is 12.4. The number of fused-ring (bicyclic) bond motifs is 3. The number of hydrogen-bond acceptors (Lipinski definition) is 7. The molecule has 4 fully saturated rings. The predicted molar refractivity (Wildman–Crippen MR) is 198 cm³/mol. The summed E-state index contributed by atoms with van der Waals surface area (Å²) in [6.45, 7) is 23.9. The molecule has 0 radical (unpaired) electrons. The highest BCUT2D eigenvalue weighted by atomic mass is 16.5. The Morgan fingerprint density at radius 1 is 1.10 bits per heavy atom. The average molecular weight is 710 g/mol. The molecule has 1 unspecified atom stereocenters. The third-order valence-corrected chi connectivity index (χ3v) is 16.5. The maximum Gasteiger partial charge on any atom is 0.307 e. The van der Waals surface area contributed by atoms with Gasteiger partial charge in [-0.15, -0.1) is 0 Å². The van der Waals surface area contributed by atoms with E-state index in [1.54, 1.807) is 19.0 Å². The van der Waals surface area contributed by atoms with E-state index in [1.807, 2.05) is 11.6 Å². The van der Waals surface area contributed by atoms with Crippen LogP contribution in [-0.4, -0.2) is 82.2 Å². The first kappa shape index (κ1) is 38.4. The number of carbonyl (C=O) groups excluding carboxylic acids is 1. The van der Waals surface area contributed by atoms with E-state index in [0.29, 0.717) is 43.9 Å². The lowest BCUT2D eigenvalue weighted by Gasteiger charge is -2.71. The summed E-state index contributed by atoms with van der Waals surface area (Å²) in [7, 11) is 3.49. The molecule has 3 N–H and O–H groups in total. The molecular weight excluding hydrogens is 642 g/mol. The maximum atomic E-state index is 13.5. The molecule has 1 amide bonds. The van der Waals surface area contributed by atoms with Gasteiger partial charge in [-0.2, -0.15) is 5.10 Å². The molecule has 1 aromatic rings. The van der Waals surface area contributed by atoms with Crippen LogP contribution in [0.3, 0.4) is 0 Å². The molecule has 3 saturated carbocycles. The third kappa shape index (κ3) is 5.41. The third-order valence-electron chi connectivity index (χ3n) is 16.5. The molecule has 2 heterocycles. The van der Waals surface area contributed by atoms with Crippen LogP contribution in [0, 0.1) is 62.6 Å². The molecule has 5 aliphatic rings. The van der Waals surface area contributed by atoms with E-state index in [4.69, 9.17) is 20.3 Å². The van der Waals surface area contributed by atoms with Crippen molar-refractivity contribution in [2.75, 3.05) is 33.9 Å². The largest absolute Gasteiger partial charge is 0.481 e. The molecule has 286 valence electrons. The summed E-state index contributed by atoms with van der Waals surface area (Å²) in [6, 6.07) is -0.270. The van der Waals surface area contributed by atoms with Gasteiger partial charge in [-0.25, -0.2) is 9.67 Å². The molecule has 1 saturated heterocycles. The van der Waals surface area contributed by atoms with Crippen molar-refractivity contribution in [3.8, 4) is 0 Å². The fraction of sp³-hybridized carbons (Fsp3) is 0.854. The minimum absolute atomic E-state index is 0.189. The highest BCUT2D eigenvalue weighted by Crippen LogP contribution is 2.75. The minimum Gasteiger partial charge on any atom is -0.481 e. The molecule has 1 aliphatic heterocycles. The second-order valence-corrected chi connectivity index (χ2v) is 19.7. The highest BCUT2D eigenvalue weighted by Gasteiger charge is 2.72. The smallest absolute Gasteiger partial charge is 0.307 e. The molecule has 2 bridgehead atoms. The summed E-state index contributed by atoms with van der Waals surface area (Å²) < 4.78 is 15.6. The Morgan fingerprint density at radius 2 is 1.78 bits per heavy atom. The van der Waals surface area contributed by atoms with E-state index in [-0.39, 0.29) is 57.5 Å². The Labute approximate surface area is 306 Å². The van der Waals surface area contributed by atoms with Gasteiger partial charge in [0.1, 0.15) is 6.33 Å². The summed E-state index contributed by atoms with van der Waals surface area (Å²) in [5, 5.41) is 15.8. The molecule has 10 nitrogen and oxygen atoms in total. The molecule has 0 aromatic carbocycles. The molecule has 6 rings (SSSR count). The molecular formula is C41H67N5O5. The van der Waals surface area contributed by atoms with Gasteiger partial charge in [0, 0.05) is 30.5 Å². The first-order valence-electron chi connectivity index (χ1n) is 19.6. The minimum atomic E-state index is -0.647. The number of carbonyl (C=O) groups is 2. The zero-order valence-corrected chi connectivity index (χ0v) is 33.6. The van der Waals surface area contributed by atoms with E-state index < -0.39 is 22.8 Å². The van der Waals surface area contributed by atoms with Crippen LogP contribution < -0.4 is 5.73 Å². The first-order chi connectivity index (χ1) is 23.6. The normalized spacial score (nSPS) is 42.3. The summed E-state index contributed by atoms with van der Waals surface area (Å²) >= 11 is 0. The number of aliphatic carboxylic acids is 1. The number of amides is 1. The summed E-state index contributed by atoms with van der Waals surface area (Å²) in [5.74, 6) is 0.464. The van der Waals surface area contributed by atoms with Crippen LogP contribution in [0.4, 0.5) is 0 Å². The Bertz CT molecular complexity index is 1550. The van der Waals surface area contributed by atoms with E-state index in [1.165, 1.54) is 11.9 Å². The van der Waals surface area contributed by atoms with Crippen molar-refractivity contribution >= 4 is 11.9 Å². The summed E-state index contributed by atoms with van der Waals surface area (Å²) in [4.78, 5) is 33.1. The highest BCUT2D eigenvalue weighted by molar-refractivity contribution is 5.90. The van der Waals surface area contributed by atoms with Crippen molar-refractivity contribution in [3.63, 3.8) is 0 Å². The van der Waals surface area contributed by atoms with Crippen molar-refractivity contribution in [2.24, 2.45) is 68.3 Å². The summed E-state index contributed by atoms with van der Waals surface area (Å²) in [5.41, 5.74) is 6.16. The number of allylic oxidation sites excluding steroid dienone is 1. The van der Waals surface area contributed by atoms with E-state index in [2.05, 4.69) is 73.4 Å². The van der Waals surface area contributed by atoms with Crippen LogP contribution in [0.2, 0.25) is 0 Å². The number of nitrogens with zero attached hydrogens (tertiary/aromatic N) is 4. The Hall–Kier alpha value is -2.30. The van der Waals surface area contributed by atoms with Gasteiger partial charge >= 0.3 is 5.97 Å². The van der Waals surface area contributed by atoms with Crippen molar-refractivity contribution in [1.29, 1.82) is 0 Å². The Morgan fingerprint density at radius 3 is 2.39 bits per heavy atom. The van der Waals surface area contributed by atoms with Gasteiger partial charge < -0.3 is 25.2 Å². The molecule has 12 atom stereocenters. The SMILES string of the molecule is CC(C)[C@@H](C)[C@@]1(C)CC[C@]2(C)[C@H]3CC[C@@H]4C5(COC[C@]4(C)[C@@H](OC[C@](C)(N)C(C)C)[C@H](n4ncnc4C(=O)N(C)C)C5)C3=CC[C@@]2(C)[C@@H]1C(=O)O. The maximum absolute atomic E-state index is 13.5. The van der Waals surface area contributed by atoms with Gasteiger partial charge in [0.25, 0.3) is 5.91 Å². The van der Waals surface area contributed by atoms with E-state index in [9.17, 15) is 14.7 Å². The number of nitrogens with two attached hydrogens (primary N) is 1. The number of rotatable bonds is 9. The van der Waals surface area contributed by atoms with Crippen LogP contribution >= 0.6 is 0 Å². The van der Waals surface area contributed by atoms with Gasteiger partial charge in [0.15, 0.2) is 0 Å². The number of hydrogen-bond donors (Lipinski definition) is 2. The van der Waals surface area contributed by atoms with Crippen molar-refractivity contribution < 1.29 is 24.2 Å². The fourth-order valence-electron chi connectivity index (χ4n) is 12.4. The van der Waals surface area contributed by atoms with E-state index in [0.717, 1.165) is 32.1 Å². The van der Waals surface area contributed by atoms with Crippen molar-refractivity contribution in [3.05, 3.63) is 23.8 Å². The number of aromatic nitrogens is 3. The van der Waals surface area contributed by atoms with Crippen LogP contribution in [-0.2, 0) is 14.3 Å². The van der Waals surface area contributed by atoms with E-state index >= 15 is 0 Å². The topological polar surface area (TPSA) is 133 Å². The number of carboxylic acids is 1. The van der Waals surface area contributed by atoms with Crippen LogP contribution in [0.25, 0.3) is 0 Å². The zero-order chi connectivity index (χ0) is 37.7. The van der Waals surface area contributed by atoms with Gasteiger partial charge in [-0.05, 0) is 91.3 Å². The van der Waals surface area contributed by atoms with Crippen LogP contribution in [0.15, 0.2) is 18.0 Å². The van der Waals surface area contributed by atoms with Crippen molar-refractivity contribution in [2.45, 2.75) is 125 Å². The molecule has 4 aliphatic carbocycles. The molecule has 51 heavy (non-hydrogen) atoms. The number of carboxylic acid groups (broad SMARTS) is 1. The monoisotopic (exact) mass is 710 g/mol. The van der Waals surface area contributed by atoms with Gasteiger partial charge in [-0.1, -0.05) is 74.0 Å². The number of ether oxygens (including phenoxy) is 2. The molecule has 1 aromatic heterocycles. The Kier molecular flexibility index (Phi) is 9.53. The van der Waals surface area contributed by atoms with Gasteiger partial charge in [-0.3, -0.25) is 9.59 Å². The Balaban J connectivity index is 1.48. The second kappa shape index (κ2) is 12.6. The van der Waals surface area contributed by atoms with Gasteiger partial charge in [0.2, 0.25) is 5.82 Å². The average Bonchev–Trinajstić information content (AvgIpc) is 3.53. The van der Waals surface area contributed by atoms with Crippen molar-refractivity contribution in [1.82, 2.24) is 19.7 Å². The molecule has 10 heteroatoms. The lowest BCUT2D eigenvalue weighted by atomic mass is 9.34. The first-order valence-corrected chi connectivity index (χ1v) is 19.6. The standard InChI is InChI=1S/C41H67N5O5/c1-24(2)26(5)36(6)17-18-38(8)27-13-14-30-37(7)20-50-22-41(30,28(27)15-16-39(38,9)31(36)35(48)49)19-29(32(37)51-21-40(10,42)25(3)4)46-33(43-23-44-46)34(47)45(11)12/h15,23-27,29-32H,13-14,16-22,42H2,1-12H3,(H,48,49)/t26-,27+,29-,30+,31-,32+,36-,37+,38-,39+,40+,41?/m1/s1. The lowest BCUT2D eigenvalue weighted by Crippen LogP contribution is -2.69. The lowest BCUT2D eigenvalue weighted by molar-refractivity contribution is -0.252.